The van der Waals surface area contributed by atoms with Gasteiger partial charge in [0.1, 0.15) is 12.4 Å². The van der Waals surface area contributed by atoms with E-state index in [1.54, 1.807) is 19.2 Å². The lowest BCUT2D eigenvalue weighted by Gasteiger charge is -2.13. The third-order valence-electron chi connectivity index (χ3n) is 5.48. The van der Waals surface area contributed by atoms with Crippen LogP contribution in [0.15, 0.2) is 71.3 Å². The van der Waals surface area contributed by atoms with Gasteiger partial charge in [0.2, 0.25) is 0 Å². The summed E-state index contributed by atoms with van der Waals surface area (Å²) >= 11 is 0. The van der Waals surface area contributed by atoms with Crippen molar-refractivity contribution in [3.8, 4) is 11.5 Å². The largest absolute Gasteiger partial charge is 0.493 e. The predicted molar refractivity (Wildman–Crippen MR) is 127 cm³/mol. The van der Waals surface area contributed by atoms with Crippen LogP contribution in [0.2, 0.25) is 0 Å². The first-order valence-electron chi connectivity index (χ1n) is 11.3. The summed E-state index contributed by atoms with van der Waals surface area (Å²) in [7, 11) is 1.64. The number of unbranched alkanes of at least 4 members (excludes halogenated alkanes) is 2. The molecule has 0 atom stereocenters. The van der Waals surface area contributed by atoms with Crippen molar-refractivity contribution in [1.29, 1.82) is 0 Å². The smallest absolute Gasteiger partial charge is 0.286 e. The molecule has 1 N–H and O–H groups in total. The number of nitrogens with one attached hydrogen (secondary N) is 1. The van der Waals surface area contributed by atoms with E-state index in [9.17, 15) is 4.79 Å². The standard InChI is InChI=1S/C26H29N3O4/c1-31-22-12-6-7-13-23(22)33-19-17-29-21-11-5-4-10-20(21)28-25(29)15-3-2-8-16-27-26(30)24-14-9-18-32-24/h4-7,9-14,18H,2-3,8,15-17,19H2,1H3,(H,27,30). The Hall–Kier alpha value is -3.74. The predicted octanol–water partition coefficient (Wildman–Crippen LogP) is 4.86. The van der Waals surface area contributed by atoms with Crippen molar-refractivity contribution in [3.05, 3.63) is 78.5 Å². The number of para-hydroxylation sites is 4. The van der Waals surface area contributed by atoms with Crippen LogP contribution >= 0.6 is 0 Å². The fourth-order valence-corrected chi connectivity index (χ4v) is 3.83. The van der Waals surface area contributed by atoms with Crippen LogP contribution in [0, 0.1) is 0 Å². The van der Waals surface area contributed by atoms with Gasteiger partial charge in [-0.3, -0.25) is 4.79 Å². The third-order valence-corrected chi connectivity index (χ3v) is 5.48. The van der Waals surface area contributed by atoms with Crippen molar-refractivity contribution < 1.29 is 18.7 Å². The van der Waals surface area contributed by atoms with Crippen LogP contribution in [0.4, 0.5) is 0 Å². The summed E-state index contributed by atoms with van der Waals surface area (Å²) in [5, 5.41) is 2.89. The average molecular weight is 448 g/mol. The molecule has 172 valence electrons. The number of amides is 1. The van der Waals surface area contributed by atoms with Crippen molar-refractivity contribution in [2.24, 2.45) is 0 Å². The van der Waals surface area contributed by atoms with E-state index >= 15 is 0 Å². The van der Waals surface area contributed by atoms with Crippen molar-refractivity contribution in [2.75, 3.05) is 20.3 Å². The van der Waals surface area contributed by atoms with E-state index in [2.05, 4.69) is 16.0 Å². The number of rotatable bonds is 12. The van der Waals surface area contributed by atoms with Crippen LogP contribution in [-0.4, -0.2) is 35.7 Å². The van der Waals surface area contributed by atoms with E-state index in [1.165, 1.54) is 6.26 Å². The van der Waals surface area contributed by atoms with Gasteiger partial charge in [-0.05, 0) is 49.2 Å². The number of aromatic nitrogens is 2. The summed E-state index contributed by atoms with van der Waals surface area (Å²) in [6.45, 7) is 1.85. The van der Waals surface area contributed by atoms with Crippen LogP contribution in [0.25, 0.3) is 11.0 Å². The number of benzene rings is 2. The van der Waals surface area contributed by atoms with E-state index in [-0.39, 0.29) is 5.91 Å². The van der Waals surface area contributed by atoms with Gasteiger partial charge in [0.15, 0.2) is 17.3 Å². The molecule has 2 aromatic carbocycles. The molecule has 4 aromatic rings. The van der Waals surface area contributed by atoms with Crippen LogP contribution < -0.4 is 14.8 Å². The zero-order valence-corrected chi connectivity index (χ0v) is 18.8. The molecule has 0 radical (unpaired) electrons. The SMILES string of the molecule is COc1ccccc1OCCn1c(CCCCCNC(=O)c2ccco2)nc2ccccc21. The zero-order valence-electron chi connectivity index (χ0n) is 18.8. The molecule has 7 nitrogen and oxygen atoms in total. The molecule has 7 heteroatoms. The number of carbonyl (C=O) groups is 1. The number of imidazole rings is 1. The van der Waals surface area contributed by atoms with Gasteiger partial charge in [0.25, 0.3) is 5.91 Å². The minimum atomic E-state index is -0.170. The summed E-state index contributed by atoms with van der Waals surface area (Å²) in [5.41, 5.74) is 2.11. The molecule has 0 saturated heterocycles. The molecule has 1 amide bonds. The summed E-state index contributed by atoms with van der Waals surface area (Å²) in [4.78, 5) is 16.8. The summed E-state index contributed by atoms with van der Waals surface area (Å²) in [6.07, 6.45) is 5.27. The number of fused-ring (bicyclic) bond motifs is 1. The molecule has 0 aliphatic rings. The minimum Gasteiger partial charge on any atom is -0.493 e. The van der Waals surface area contributed by atoms with Crippen molar-refractivity contribution in [1.82, 2.24) is 14.9 Å². The van der Waals surface area contributed by atoms with E-state index in [4.69, 9.17) is 18.9 Å². The van der Waals surface area contributed by atoms with Gasteiger partial charge in [-0.15, -0.1) is 0 Å². The van der Waals surface area contributed by atoms with E-state index in [0.29, 0.717) is 25.5 Å². The minimum absolute atomic E-state index is 0.170. The van der Waals surface area contributed by atoms with Gasteiger partial charge < -0.3 is 23.8 Å². The second kappa shape index (κ2) is 11.2. The lowest BCUT2D eigenvalue weighted by atomic mass is 10.2. The second-order valence-corrected chi connectivity index (χ2v) is 7.71. The first kappa shape index (κ1) is 22.5. The highest BCUT2D eigenvalue weighted by atomic mass is 16.5. The van der Waals surface area contributed by atoms with Crippen LogP contribution in [0.3, 0.4) is 0 Å². The Balaban J connectivity index is 1.30. The molecule has 2 aromatic heterocycles. The normalized spacial score (nSPS) is 10.9. The van der Waals surface area contributed by atoms with Crippen molar-refractivity contribution in [2.45, 2.75) is 32.2 Å². The molecule has 0 spiro atoms. The second-order valence-electron chi connectivity index (χ2n) is 7.71. The number of nitrogens with zero attached hydrogens (tertiary/aromatic N) is 2. The Bertz CT molecular complexity index is 1170. The maximum absolute atomic E-state index is 11.9. The summed E-state index contributed by atoms with van der Waals surface area (Å²) < 4.78 is 18.7. The Morgan fingerprint density at radius 2 is 1.82 bits per heavy atom. The Morgan fingerprint density at radius 3 is 2.64 bits per heavy atom. The average Bonchev–Trinajstić information content (AvgIpc) is 3.50. The molecule has 0 unspecified atom stereocenters. The number of hydrogen-bond donors (Lipinski definition) is 1. The number of methoxy groups -OCH3 is 1. The fraction of sp³-hybridized carbons (Fsp3) is 0.308. The van der Waals surface area contributed by atoms with E-state index < -0.39 is 0 Å². The topological polar surface area (TPSA) is 78.5 Å². The number of furan rings is 1. The molecule has 4 rings (SSSR count). The number of ether oxygens (including phenoxy) is 2. The first-order valence-corrected chi connectivity index (χ1v) is 11.3. The lowest BCUT2D eigenvalue weighted by Crippen LogP contribution is -2.23. The molecule has 33 heavy (non-hydrogen) atoms. The number of aryl methyl sites for hydroxylation is 1. The number of hydrogen-bond acceptors (Lipinski definition) is 5. The van der Waals surface area contributed by atoms with Gasteiger partial charge in [0, 0.05) is 13.0 Å². The molecule has 0 aliphatic carbocycles. The fourth-order valence-electron chi connectivity index (χ4n) is 3.83. The maximum atomic E-state index is 11.9. The van der Waals surface area contributed by atoms with Crippen LogP contribution in [-0.2, 0) is 13.0 Å². The van der Waals surface area contributed by atoms with Gasteiger partial charge >= 0.3 is 0 Å². The lowest BCUT2D eigenvalue weighted by molar-refractivity contribution is 0.0925. The highest BCUT2D eigenvalue weighted by Crippen LogP contribution is 2.26. The molecule has 0 bridgehead atoms. The highest BCUT2D eigenvalue weighted by molar-refractivity contribution is 5.91. The molecule has 0 fully saturated rings. The quantitative estimate of drug-likeness (QED) is 0.314. The van der Waals surface area contributed by atoms with E-state index in [1.807, 2.05) is 42.5 Å². The third kappa shape index (κ3) is 5.74. The van der Waals surface area contributed by atoms with Gasteiger partial charge in [-0.25, -0.2) is 4.98 Å². The Labute approximate surface area is 193 Å². The van der Waals surface area contributed by atoms with Crippen LogP contribution in [0.1, 0.15) is 35.6 Å². The van der Waals surface area contributed by atoms with E-state index in [0.717, 1.165) is 54.0 Å². The van der Waals surface area contributed by atoms with Gasteiger partial charge in [-0.1, -0.05) is 30.7 Å². The highest BCUT2D eigenvalue weighted by Gasteiger charge is 2.11. The number of carbonyl (C=O) groups excluding carboxylic acids is 1. The molecule has 0 saturated carbocycles. The summed E-state index contributed by atoms with van der Waals surface area (Å²) in [5.74, 6) is 2.70. The molecular formula is C26H29N3O4. The maximum Gasteiger partial charge on any atom is 0.286 e. The zero-order chi connectivity index (χ0) is 22.9. The van der Waals surface area contributed by atoms with Crippen molar-refractivity contribution >= 4 is 16.9 Å². The molecule has 0 aliphatic heterocycles. The van der Waals surface area contributed by atoms with Crippen LogP contribution in [0.5, 0.6) is 11.5 Å². The Kier molecular flexibility index (Phi) is 7.64. The first-order chi connectivity index (χ1) is 16.3. The van der Waals surface area contributed by atoms with Gasteiger partial charge in [-0.2, -0.15) is 0 Å². The molecule has 2 heterocycles. The molecular weight excluding hydrogens is 418 g/mol. The Morgan fingerprint density at radius 1 is 1.00 bits per heavy atom. The van der Waals surface area contributed by atoms with Crippen molar-refractivity contribution in [3.63, 3.8) is 0 Å². The van der Waals surface area contributed by atoms with Gasteiger partial charge in [0.05, 0.1) is 31.0 Å². The monoisotopic (exact) mass is 447 g/mol. The summed E-state index contributed by atoms with van der Waals surface area (Å²) in [6, 6.07) is 19.2.